The first-order chi connectivity index (χ1) is 8.21. The number of anilines is 1. The molecule has 1 atom stereocenters. The number of benzene rings is 1. The maximum atomic E-state index is 12.3. The molecule has 0 bridgehead atoms. The molecule has 0 saturated carbocycles. The number of carbonyl (C=O) groups excluding carboxylic acids is 1. The molecule has 6 heteroatoms. The summed E-state index contributed by atoms with van der Waals surface area (Å²) in [5.41, 5.74) is 5.15. The molecule has 0 aliphatic carbocycles. The van der Waals surface area contributed by atoms with Gasteiger partial charge < -0.3 is 11.1 Å². The van der Waals surface area contributed by atoms with Gasteiger partial charge in [-0.15, -0.1) is 0 Å². The summed E-state index contributed by atoms with van der Waals surface area (Å²) < 4.78 is 36.9. The number of carbonyl (C=O) groups is 1. The van der Waals surface area contributed by atoms with Crippen molar-refractivity contribution >= 4 is 11.6 Å². The summed E-state index contributed by atoms with van der Waals surface area (Å²) in [5.74, 6) is -0.454. The molecule has 0 radical (unpaired) electrons. The average Bonchev–Trinajstić information content (AvgIpc) is 2.27. The third-order valence-electron chi connectivity index (χ3n) is 2.50. The minimum absolute atomic E-state index is 0.0422. The fourth-order valence-electron chi connectivity index (χ4n) is 1.27. The lowest BCUT2D eigenvalue weighted by atomic mass is 10.0. The Morgan fingerprint density at radius 1 is 1.22 bits per heavy atom. The molecule has 0 spiro atoms. The van der Waals surface area contributed by atoms with Gasteiger partial charge in [0.25, 0.3) is 0 Å². The molecule has 1 amide bonds. The molecule has 1 aromatic carbocycles. The van der Waals surface area contributed by atoms with Crippen molar-refractivity contribution in [3.8, 4) is 0 Å². The van der Waals surface area contributed by atoms with Gasteiger partial charge in [0.2, 0.25) is 5.91 Å². The van der Waals surface area contributed by atoms with E-state index < -0.39 is 23.7 Å². The molecule has 0 aliphatic rings. The predicted molar refractivity (Wildman–Crippen MR) is 62.9 cm³/mol. The van der Waals surface area contributed by atoms with Crippen LogP contribution in [0.4, 0.5) is 18.9 Å². The topological polar surface area (TPSA) is 55.1 Å². The van der Waals surface area contributed by atoms with Crippen LogP contribution in [0.15, 0.2) is 24.3 Å². The van der Waals surface area contributed by atoms with Gasteiger partial charge in [-0.2, -0.15) is 13.2 Å². The molecule has 3 N–H and O–H groups in total. The fourth-order valence-corrected chi connectivity index (χ4v) is 1.27. The zero-order valence-electron chi connectivity index (χ0n) is 10.1. The minimum Gasteiger partial charge on any atom is -0.325 e. The van der Waals surface area contributed by atoms with Crippen LogP contribution in [0.3, 0.4) is 0 Å². The van der Waals surface area contributed by atoms with E-state index in [0.717, 1.165) is 12.1 Å². The van der Waals surface area contributed by atoms with E-state index in [1.165, 1.54) is 12.1 Å². The van der Waals surface area contributed by atoms with Gasteiger partial charge in [0.05, 0.1) is 11.6 Å². The van der Waals surface area contributed by atoms with Crippen molar-refractivity contribution < 1.29 is 18.0 Å². The second-order valence-electron chi connectivity index (χ2n) is 4.33. The normalized spacial score (nSPS) is 13.5. The van der Waals surface area contributed by atoms with E-state index in [1.807, 2.05) is 0 Å². The predicted octanol–water partition coefficient (Wildman–Crippen LogP) is 2.63. The maximum Gasteiger partial charge on any atom is 0.416 e. The van der Waals surface area contributed by atoms with Crippen LogP contribution in [-0.4, -0.2) is 11.9 Å². The lowest BCUT2D eigenvalue weighted by molar-refractivity contribution is -0.137. The Labute approximate surface area is 103 Å². The highest BCUT2D eigenvalue weighted by Gasteiger charge is 2.30. The Morgan fingerprint density at radius 3 is 2.11 bits per heavy atom. The van der Waals surface area contributed by atoms with E-state index in [0.29, 0.717) is 5.69 Å². The number of alkyl halides is 3. The van der Waals surface area contributed by atoms with Gasteiger partial charge in [-0.3, -0.25) is 4.79 Å². The number of nitrogens with one attached hydrogen (secondary N) is 1. The Hall–Kier alpha value is -1.56. The Morgan fingerprint density at radius 2 is 1.72 bits per heavy atom. The summed E-state index contributed by atoms with van der Waals surface area (Å²) in [5, 5.41) is 2.47. The highest BCUT2D eigenvalue weighted by atomic mass is 19.4. The molecule has 0 unspecified atom stereocenters. The third kappa shape index (κ3) is 3.73. The van der Waals surface area contributed by atoms with Gasteiger partial charge in [0.15, 0.2) is 0 Å². The molecular formula is C12H15F3N2O. The molecule has 0 saturated heterocycles. The molecule has 18 heavy (non-hydrogen) atoms. The van der Waals surface area contributed by atoms with E-state index in [9.17, 15) is 18.0 Å². The molecule has 0 aliphatic heterocycles. The first kappa shape index (κ1) is 14.5. The maximum absolute atomic E-state index is 12.3. The molecular weight excluding hydrogens is 245 g/mol. The molecule has 0 fully saturated rings. The monoisotopic (exact) mass is 260 g/mol. The Balaban J connectivity index is 2.73. The van der Waals surface area contributed by atoms with Crippen molar-refractivity contribution in [1.82, 2.24) is 0 Å². The first-order valence-corrected chi connectivity index (χ1v) is 5.45. The number of rotatable bonds is 3. The van der Waals surface area contributed by atoms with Crippen LogP contribution in [0, 0.1) is 5.92 Å². The highest BCUT2D eigenvalue weighted by molar-refractivity contribution is 5.94. The van der Waals surface area contributed by atoms with Crippen molar-refractivity contribution in [1.29, 1.82) is 0 Å². The van der Waals surface area contributed by atoms with E-state index in [4.69, 9.17) is 5.73 Å². The Kier molecular flexibility index (Phi) is 4.34. The molecule has 1 aromatic rings. The smallest absolute Gasteiger partial charge is 0.325 e. The lowest BCUT2D eigenvalue weighted by Gasteiger charge is -2.15. The lowest BCUT2D eigenvalue weighted by Crippen LogP contribution is -2.39. The second-order valence-corrected chi connectivity index (χ2v) is 4.33. The van der Waals surface area contributed by atoms with Crippen LogP contribution in [-0.2, 0) is 11.0 Å². The van der Waals surface area contributed by atoms with Gasteiger partial charge >= 0.3 is 6.18 Å². The molecule has 3 nitrogen and oxygen atoms in total. The second kappa shape index (κ2) is 5.39. The molecule has 0 heterocycles. The summed E-state index contributed by atoms with van der Waals surface area (Å²) >= 11 is 0. The summed E-state index contributed by atoms with van der Waals surface area (Å²) in [6.45, 7) is 3.58. The quantitative estimate of drug-likeness (QED) is 0.877. The van der Waals surface area contributed by atoms with Crippen molar-refractivity contribution in [2.24, 2.45) is 11.7 Å². The largest absolute Gasteiger partial charge is 0.416 e. The number of amides is 1. The van der Waals surface area contributed by atoms with Crippen LogP contribution in [0.1, 0.15) is 19.4 Å². The number of halogens is 3. The highest BCUT2D eigenvalue weighted by Crippen LogP contribution is 2.29. The number of hydrogen-bond donors (Lipinski definition) is 2. The van der Waals surface area contributed by atoms with Crippen molar-refractivity contribution in [3.63, 3.8) is 0 Å². The zero-order valence-corrected chi connectivity index (χ0v) is 10.1. The summed E-state index contributed by atoms with van der Waals surface area (Å²) in [4.78, 5) is 11.6. The van der Waals surface area contributed by atoms with Gasteiger partial charge in [-0.05, 0) is 30.2 Å². The van der Waals surface area contributed by atoms with Crippen LogP contribution in [0.5, 0.6) is 0 Å². The first-order valence-electron chi connectivity index (χ1n) is 5.45. The van der Waals surface area contributed by atoms with Crippen LogP contribution >= 0.6 is 0 Å². The minimum atomic E-state index is -4.38. The summed E-state index contributed by atoms with van der Waals surface area (Å²) in [7, 11) is 0. The van der Waals surface area contributed by atoms with Gasteiger partial charge in [0, 0.05) is 5.69 Å². The SMILES string of the molecule is CC(C)[C@H](N)C(=O)Nc1ccc(C(F)(F)F)cc1. The van der Waals surface area contributed by atoms with Gasteiger partial charge in [0.1, 0.15) is 0 Å². The standard InChI is InChI=1S/C12H15F3N2O/c1-7(2)10(16)11(18)17-9-5-3-8(4-6-9)12(13,14)15/h3-7,10H,16H2,1-2H3,(H,17,18)/t10-/m0/s1. The van der Waals surface area contributed by atoms with Crippen LogP contribution < -0.4 is 11.1 Å². The molecule has 100 valence electrons. The van der Waals surface area contributed by atoms with Gasteiger partial charge in [-0.25, -0.2) is 0 Å². The van der Waals surface area contributed by atoms with E-state index in [2.05, 4.69) is 5.32 Å². The fraction of sp³-hybridized carbons (Fsp3) is 0.417. The number of nitrogens with two attached hydrogens (primary N) is 1. The summed E-state index contributed by atoms with van der Waals surface area (Å²) in [6, 6.07) is 3.54. The van der Waals surface area contributed by atoms with E-state index >= 15 is 0 Å². The van der Waals surface area contributed by atoms with Crippen molar-refractivity contribution in [3.05, 3.63) is 29.8 Å². The average molecular weight is 260 g/mol. The molecule has 1 rings (SSSR count). The molecule has 0 aromatic heterocycles. The third-order valence-corrected chi connectivity index (χ3v) is 2.50. The van der Waals surface area contributed by atoms with Gasteiger partial charge in [-0.1, -0.05) is 13.8 Å². The van der Waals surface area contributed by atoms with Crippen LogP contribution in [0.2, 0.25) is 0 Å². The van der Waals surface area contributed by atoms with Crippen molar-refractivity contribution in [2.75, 3.05) is 5.32 Å². The van der Waals surface area contributed by atoms with E-state index in [-0.39, 0.29) is 5.92 Å². The zero-order chi connectivity index (χ0) is 13.9. The van der Waals surface area contributed by atoms with E-state index in [1.54, 1.807) is 13.8 Å². The van der Waals surface area contributed by atoms with Crippen LogP contribution in [0.25, 0.3) is 0 Å². The van der Waals surface area contributed by atoms with Crippen molar-refractivity contribution in [2.45, 2.75) is 26.1 Å². The Bertz CT molecular complexity index is 412. The number of hydrogen-bond acceptors (Lipinski definition) is 2. The summed E-state index contributed by atoms with van der Waals surface area (Å²) in [6.07, 6.45) is -4.38.